The van der Waals surface area contributed by atoms with Crippen molar-refractivity contribution in [3.63, 3.8) is 0 Å². The van der Waals surface area contributed by atoms with Gasteiger partial charge >= 0.3 is 24.3 Å². The topological polar surface area (TPSA) is 141 Å². The molecule has 3 aromatic rings. The standard InChI is InChI=1S/C31H32ClF6N7O.C2HF3O2/c1-30(13-44(2)6-5-15(30)9-33)14-46-29-42-27-18(28(43-29)45-11-16-3-4-17(12-45)41-16)7-21(34)24(26(27)35)23-19(10-39)22(40)8-20(32)25(23)31(36,37)38;3-2(4,5)1(6)7/h7-8,15-17,41H,3-6,9,11-14,40H2,1-2H3;(H,6,7)/t15-,16-,17+,30+;/m1./s1. The molecule has 2 aromatic carbocycles. The van der Waals surface area contributed by atoms with Crippen molar-refractivity contribution in [3.05, 3.63) is 39.9 Å². The van der Waals surface area contributed by atoms with Gasteiger partial charge in [-0.15, -0.1) is 0 Å². The Morgan fingerprint density at radius 2 is 1.75 bits per heavy atom. The zero-order valence-electron chi connectivity index (χ0n) is 28.1. The number of fused-ring (bicyclic) bond motifs is 3. The van der Waals surface area contributed by atoms with Gasteiger partial charge in [0, 0.05) is 48.1 Å². The fourth-order valence-electron chi connectivity index (χ4n) is 7.19. The van der Waals surface area contributed by atoms with E-state index in [1.165, 1.54) is 0 Å². The minimum atomic E-state index is -5.19. The van der Waals surface area contributed by atoms with Crippen LogP contribution in [0, 0.1) is 34.3 Å². The zero-order chi connectivity index (χ0) is 39.2. The van der Waals surface area contributed by atoms with Crippen LogP contribution in [-0.4, -0.2) is 90.7 Å². The molecule has 4 heterocycles. The third-order valence-corrected chi connectivity index (χ3v) is 10.0. The van der Waals surface area contributed by atoms with Crippen LogP contribution in [0.2, 0.25) is 5.02 Å². The Bertz CT molecular complexity index is 1930. The van der Waals surface area contributed by atoms with E-state index in [1.54, 1.807) is 6.07 Å². The van der Waals surface area contributed by atoms with Gasteiger partial charge in [0.15, 0.2) is 5.82 Å². The first-order valence-corrected chi connectivity index (χ1v) is 16.5. The number of halogens is 10. The summed E-state index contributed by atoms with van der Waals surface area (Å²) in [6.45, 7) is 3.43. The molecule has 0 spiro atoms. The summed E-state index contributed by atoms with van der Waals surface area (Å²) in [7, 11) is 1.91. The molecule has 0 unspecified atom stereocenters. The highest BCUT2D eigenvalue weighted by molar-refractivity contribution is 6.32. The maximum atomic E-state index is 16.7. The number of nitrogen functional groups attached to an aromatic ring is 1. The highest BCUT2D eigenvalue weighted by Gasteiger charge is 2.42. The number of ether oxygens (including phenoxy) is 1. The molecule has 3 saturated heterocycles. The SMILES string of the molecule is CN1CC[C@H](CF)[C@](C)(COc2nc(N3C[C@H]4CC[C@@H](C3)N4)c3cc(F)c(-c4c(C#N)c(N)cc(Cl)c4C(F)(F)F)c(F)c3n2)C1.O=C(O)C(F)(F)F. The Hall–Kier alpha value is -4.28. The Morgan fingerprint density at radius 3 is 2.30 bits per heavy atom. The summed E-state index contributed by atoms with van der Waals surface area (Å²) in [5.41, 5.74) is -0.484. The molecule has 4 N–H and O–H groups in total. The average molecular weight is 782 g/mol. The van der Waals surface area contributed by atoms with E-state index in [2.05, 4.69) is 20.2 Å². The Morgan fingerprint density at radius 1 is 1.13 bits per heavy atom. The molecule has 3 aliphatic heterocycles. The van der Waals surface area contributed by atoms with Crippen LogP contribution in [0.3, 0.4) is 0 Å². The molecular formula is C33H33ClF9N7O3. The summed E-state index contributed by atoms with van der Waals surface area (Å²) in [5, 5.41) is 19.3. The van der Waals surface area contributed by atoms with Crippen molar-refractivity contribution in [2.75, 3.05) is 57.1 Å². The molecule has 0 saturated carbocycles. The molecule has 3 fully saturated rings. The van der Waals surface area contributed by atoms with Gasteiger partial charge in [0.1, 0.15) is 23.2 Å². The Kier molecular flexibility index (Phi) is 11.2. The molecule has 2 bridgehead atoms. The van der Waals surface area contributed by atoms with E-state index in [1.807, 2.05) is 18.9 Å². The summed E-state index contributed by atoms with van der Waals surface area (Å²) in [6.07, 6.45) is -7.89. The van der Waals surface area contributed by atoms with E-state index in [4.69, 9.17) is 32.0 Å². The second-order valence-corrected chi connectivity index (χ2v) is 14.0. The summed E-state index contributed by atoms with van der Waals surface area (Å²) in [5.74, 6) is -5.77. The van der Waals surface area contributed by atoms with Crippen LogP contribution in [0.4, 0.5) is 51.0 Å². The number of nitriles is 1. The maximum absolute atomic E-state index is 16.7. The molecule has 6 rings (SSSR count). The van der Waals surface area contributed by atoms with Crippen LogP contribution < -0.4 is 20.7 Å². The maximum Gasteiger partial charge on any atom is 0.490 e. The zero-order valence-corrected chi connectivity index (χ0v) is 28.9. The van der Waals surface area contributed by atoms with Crippen LogP contribution >= 0.6 is 11.6 Å². The number of likely N-dealkylation sites (tertiary alicyclic amines) is 1. The third kappa shape index (κ3) is 8.14. The number of rotatable bonds is 6. The number of nitrogens with zero attached hydrogens (tertiary/aromatic N) is 5. The van der Waals surface area contributed by atoms with E-state index in [0.717, 1.165) is 25.0 Å². The number of nitrogens with two attached hydrogens (primary N) is 1. The summed E-state index contributed by atoms with van der Waals surface area (Å²) in [6, 6.07) is 3.05. The van der Waals surface area contributed by atoms with Gasteiger partial charge in [0.2, 0.25) is 0 Å². The lowest BCUT2D eigenvalue weighted by Gasteiger charge is -2.43. The number of benzene rings is 2. The van der Waals surface area contributed by atoms with Gasteiger partial charge in [-0.2, -0.15) is 41.6 Å². The van der Waals surface area contributed by atoms with Gasteiger partial charge < -0.3 is 30.7 Å². The Balaban J connectivity index is 0.000000705. The van der Waals surface area contributed by atoms with Gasteiger partial charge in [0.05, 0.1) is 40.7 Å². The molecule has 4 atom stereocenters. The minimum absolute atomic E-state index is 0.0268. The van der Waals surface area contributed by atoms with Crippen molar-refractivity contribution >= 4 is 40.0 Å². The van der Waals surface area contributed by atoms with E-state index < -0.39 is 80.5 Å². The van der Waals surface area contributed by atoms with Gasteiger partial charge in [-0.25, -0.2) is 13.6 Å². The first kappa shape index (κ1) is 39.9. The van der Waals surface area contributed by atoms with E-state index in [0.29, 0.717) is 32.6 Å². The summed E-state index contributed by atoms with van der Waals surface area (Å²) in [4.78, 5) is 21.6. The van der Waals surface area contributed by atoms with Crippen LogP contribution in [-0.2, 0) is 11.0 Å². The first-order chi connectivity index (χ1) is 24.7. The van der Waals surface area contributed by atoms with Crippen molar-refractivity contribution in [1.29, 1.82) is 5.26 Å². The number of carboxylic acids is 1. The number of carbonyl (C=O) groups is 1. The third-order valence-electron chi connectivity index (χ3n) is 9.75. The van der Waals surface area contributed by atoms with E-state index in [9.17, 15) is 36.0 Å². The molecule has 1 aromatic heterocycles. The lowest BCUT2D eigenvalue weighted by atomic mass is 9.73. The Labute approximate surface area is 301 Å². The molecule has 288 valence electrons. The van der Waals surface area contributed by atoms with E-state index >= 15 is 8.78 Å². The van der Waals surface area contributed by atoms with Crippen LogP contribution in [0.1, 0.15) is 37.3 Å². The number of anilines is 2. The summed E-state index contributed by atoms with van der Waals surface area (Å²) >= 11 is 5.93. The number of nitrogens with one attached hydrogen (secondary N) is 1. The van der Waals surface area contributed by atoms with Gasteiger partial charge in [-0.05, 0) is 50.9 Å². The lowest BCUT2D eigenvalue weighted by molar-refractivity contribution is -0.192. The molecule has 0 radical (unpaired) electrons. The molecule has 3 aliphatic rings. The predicted octanol–water partition coefficient (Wildman–Crippen LogP) is 6.58. The average Bonchev–Trinajstić information content (AvgIpc) is 3.39. The number of aliphatic carboxylic acids is 1. The molecule has 0 aliphatic carbocycles. The molecule has 0 amide bonds. The fourth-order valence-corrected chi connectivity index (χ4v) is 7.51. The minimum Gasteiger partial charge on any atom is -0.475 e. The van der Waals surface area contributed by atoms with Crippen molar-refractivity contribution in [3.8, 4) is 23.2 Å². The van der Waals surface area contributed by atoms with Crippen molar-refractivity contribution < 1.29 is 54.2 Å². The van der Waals surface area contributed by atoms with Crippen molar-refractivity contribution in [2.24, 2.45) is 11.3 Å². The summed E-state index contributed by atoms with van der Waals surface area (Å²) < 4.78 is 127. The van der Waals surface area contributed by atoms with Crippen molar-refractivity contribution in [2.45, 2.75) is 50.6 Å². The smallest absolute Gasteiger partial charge is 0.475 e. The van der Waals surface area contributed by atoms with Crippen LogP contribution in [0.15, 0.2) is 12.1 Å². The van der Waals surface area contributed by atoms with Gasteiger partial charge in [-0.3, -0.25) is 4.39 Å². The number of alkyl halides is 7. The van der Waals surface area contributed by atoms with Crippen LogP contribution in [0.5, 0.6) is 6.01 Å². The molecule has 10 nitrogen and oxygen atoms in total. The second kappa shape index (κ2) is 14.9. The fraction of sp³-hybridized carbons (Fsp3) is 0.515. The van der Waals surface area contributed by atoms with Gasteiger partial charge in [0.25, 0.3) is 0 Å². The van der Waals surface area contributed by atoms with E-state index in [-0.39, 0.29) is 41.8 Å². The monoisotopic (exact) mass is 781 g/mol. The number of piperazine rings is 1. The predicted molar refractivity (Wildman–Crippen MR) is 175 cm³/mol. The number of carboxylic acid groups (broad SMARTS) is 1. The number of hydrogen-bond donors (Lipinski definition) is 3. The number of hydrogen-bond acceptors (Lipinski definition) is 9. The molecule has 20 heteroatoms. The first-order valence-electron chi connectivity index (χ1n) is 16.2. The highest BCUT2D eigenvalue weighted by atomic mass is 35.5. The number of piperidine rings is 1. The normalized spacial score (nSPS) is 23.4. The van der Waals surface area contributed by atoms with Crippen LogP contribution in [0.25, 0.3) is 22.0 Å². The molecular weight excluding hydrogens is 749 g/mol. The highest BCUT2D eigenvalue weighted by Crippen LogP contribution is 2.48. The van der Waals surface area contributed by atoms with Crippen molar-refractivity contribution in [1.82, 2.24) is 20.2 Å². The lowest BCUT2D eigenvalue weighted by Crippen LogP contribution is -2.51. The second-order valence-electron chi connectivity index (χ2n) is 13.6. The quantitative estimate of drug-likeness (QED) is 0.186. The number of aromatic nitrogens is 2. The van der Waals surface area contributed by atoms with Gasteiger partial charge in [-0.1, -0.05) is 18.5 Å². The largest absolute Gasteiger partial charge is 0.490 e. The molecule has 53 heavy (non-hydrogen) atoms.